The van der Waals surface area contributed by atoms with Crippen LogP contribution in [0.1, 0.15) is 11.3 Å². The third-order valence-corrected chi connectivity index (χ3v) is 3.20. The molecular weight excluding hydrogens is 343 g/mol. The van der Waals surface area contributed by atoms with E-state index in [2.05, 4.69) is 5.10 Å². The first-order chi connectivity index (χ1) is 10.6. The predicted molar refractivity (Wildman–Crippen MR) is 72.3 cm³/mol. The molecule has 0 fully saturated rings. The highest BCUT2D eigenvalue weighted by Gasteiger charge is 2.39. The van der Waals surface area contributed by atoms with Gasteiger partial charge in [-0.05, 0) is 12.1 Å². The second-order valence-corrected chi connectivity index (χ2v) is 4.77. The zero-order chi connectivity index (χ0) is 17.4. The standard InChI is InChI=1S/C12H9ClF3N3O4/c1-18-10(12(14,15)16)9(13)11(17-18)23-7-2-3-8(19(21)22)6(4-7)5-20/h2-4,20H,5H2,1H3. The number of aliphatic hydroxyl groups is 1. The molecule has 124 valence electrons. The smallest absolute Gasteiger partial charge is 0.434 e. The molecule has 2 rings (SSSR count). The lowest BCUT2D eigenvalue weighted by Crippen LogP contribution is -2.12. The molecule has 0 amide bonds. The van der Waals surface area contributed by atoms with Gasteiger partial charge in [-0.1, -0.05) is 11.6 Å². The van der Waals surface area contributed by atoms with E-state index in [1.54, 1.807) is 0 Å². The number of aromatic nitrogens is 2. The van der Waals surface area contributed by atoms with E-state index in [1.807, 2.05) is 0 Å². The van der Waals surface area contributed by atoms with Crippen LogP contribution in [-0.4, -0.2) is 19.8 Å². The number of ether oxygens (including phenoxy) is 1. The van der Waals surface area contributed by atoms with E-state index in [-0.39, 0.29) is 17.0 Å². The van der Waals surface area contributed by atoms with Gasteiger partial charge < -0.3 is 9.84 Å². The molecule has 0 aliphatic rings. The fraction of sp³-hybridized carbons (Fsp3) is 0.250. The molecule has 1 heterocycles. The summed E-state index contributed by atoms with van der Waals surface area (Å²) in [4.78, 5) is 10.1. The first-order valence-electron chi connectivity index (χ1n) is 6.01. The number of benzene rings is 1. The van der Waals surface area contributed by atoms with Gasteiger partial charge in [0, 0.05) is 13.1 Å². The van der Waals surface area contributed by atoms with E-state index in [0.717, 1.165) is 25.2 Å². The van der Waals surface area contributed by atoms with Crippen LogP contribution in [0.3, 0.4) is 0 Å². The Kier molecular flexibility index (Phi) is 4.48. The molecule has 11 heteroatoms. The normalized spacial score (nSPS) is 11.6. The van der Waals surface area contributed by atoms with Crippen LogP contribution in [0.4, 0.5) is 18.9 Å². The number of alkyl halides is 3. The summed E-state index contributed by atoms with van der Waals surface area (Å²) < 4.78 is 44.1. The van der Waals surface area contributed by atoms with Crippen molar-refractivity contribution < 1.29 is 27.9 Å². The van der Waals surface area contributed by atoms with Gasteiger partial charge >= 0.3 is 6.18 Å². The lowest BCUT2D eigenvalue weighted by molar-refractivity contribution is -0.385. The molecular formula is C12H9ClF3N3O4. The SMILES string of the molecule is Cn1nc(Oc2ccc([N+](=O)[O-])c(CO)c2)c(Cl)c1C(F)(F)F. The fourth-order valence-corrected chi connectivity index (χ4v) is 2.19. The van der Waals surface area contributed by atoms with Gasteiger partial charge in [-0.2, -0.15) is 13.2 Å². The Morgan fingerprint density at radius 2 is 2.13 bits per heavy atom. The van der Waals surface area contributed by atoms with Crippen molar-refractivity contribution in [3.63, 3.8) is 0 Å². The van der Waals surface area contributed by atoms with Crippen LogP contribution in [0, 0.1) is 10.1 Å². The van der Waals surface area contributed by atoms with E-state index < -0.39 is 34.3 Å². The largest absolute Gasteiger partial charge is 0.436 e. The fourth-order valence-electron chi connectivity index (χ4n) is 1.89. The summed E-state index contributed by atoms with van der Waals surface area (Å²) in [7, 11) is 1.05. The Labute approximate surface area is 132 Å². The molecule has 2 aromatic rings. The van der Waals surface area contributed by atoms with Gasteiger partial charge in [0.05, 0.1) is 17.1 Å². The number of aryl methyl sites for hydroxylation is 1. The molecule has 0 bridgehead atoms. The zero-order valence-electron chi connectivity index (χ0n) is 11.5. The Morgan fingerprint density at radius 1 is 1.48 bits per heavy atom. The van der Waals surface area contributed by atoms with Crippen LogP contribution in [0.2, 0.25) is 5.02 Å². The monoisotopic (exact) mass is 351 g/mol. The van der Waals surface area contributed by atoms with E-state index in [1.165, 1.54) is 0 Å². The highest BCUT2D eigenvalue weighted by atomic mass is 35.5. The quantitative estimate of drug-likeness (QED) is 0.674. The Morgan fingerprint density at radius 3 is 2.61 bits per heavy atom. The summed E-state index contributed by atoms with van der Waals surface area (Å²) in [5, 5.41) is 22.7. The summed E-state index contributed by atoms with van der Waals surface area (Å²) in [5.41, 5.74) is -1.59. The summed E-state index contributed by atoms with van der Waals surface area (Å²) in [5.74, 6) is -0.549. The van der Waals surface area contributed by atoms with Crippen LogP contribution in [0.25, 0.3) is 0 Å². The minimum Gasteiger partial charge on any atom is -0.436 e. The van der Waals surface area contributed by atoms with Crippen LogP contribution < -0.4 is 4.74 Å². The van der Waals surface area contributed by atoms with E-state index in [0.29, 0.717) is 4.68 Å². The highest BCUT2D eigenvalue weighted by molar-refractivity contribution is 6.32. The van der Waals surface area contributed by atoms with Crippen molar-refractivity contribution in [2.24, 2.45) is 7.05 Å². The molecule has 0 aliphatic heterocycles. The molecule has 0 spiro atoms. The van der Waals surface area contributed by atoms with Gasteiger partial charge in [0.15, 0.2) is 5.69 Å². The first-order valence-corrected chi connectivity index (χ1v) is 6.38. The average Bonchev–Trinajstić information content (AvgIpc) is 2.72. The number of halogens is 4. The van der Waals surface area contributed by atoms with Crippen molar-refractivity contribution in [1.29, 1.82) is 0 Å². The summed E-state index contributed by atoms with van der Waals surface area (Å²) in [6.07, 6.45) is -4.72. The highest BCUT2D eigenvalue weighted by Crippen LogP contribution is 2.40. The van der Waals surface area contributed by atoms with Crippen molar-refractivity contribution >= 4 is 17.3 Å². The van der Waals surface area contributed by atoms with Crippen LogP contribution >= 0.6 is 11.6 Å². The maximum atomic E-state index is 12.8. The topological polar surface area (TPSA) is 90.4 Å². The van der Waals surface area contributed by atoms with Crippen molar-refractivity contribution in [2.75, 3.05) is 0 Å². The van der Waals surface area contributed by atoms with Crippen molar-refractivity contribution in [1.82, 2.24) is 9.78 Å². The summed E-state index contributed by atoms with van der Waals surface area (Å²) in [6.45, 7) is -0.642. The molecule has 0 atom stereocenters. The third kappa shape index (κ3) is 3.37. The van der Waals surface area contributed by atoms with Gasteiger partial charge in [-0.3, -0.25) is 14.8 Å². The number of hydrogen-bond donors (Lipinski definition) is 1. The summed E-state index contributed by atoms with van der Waals surface area (Å²) >= 11 is 5.63. The lowest BCUT2D eigenvalue weighted by atomic mass is 10.2. The number of rotatable bonds is 4. The molecule has 1 aromatic heterocycles. The van der Waals surface area contributed by atoms with Crippen LogP contribution in [-0.2, 0) is 19.8 Å². The van der Waals surface area contributed by atoms with Gasteiger partial charge in [0.25, 0.3) is 11.6 Å². The Bertz CT molecular complexity index is 761. The molecule has 0 aliphatic carbocycles. The number of hydrogen-bond acceptors (Lipinski definition) is 5. The Hall–Kier alpha value is -2.33. The number of aliphatic hydroxyl groups excluding tert-OH is 1. The third-order valence-electron chi connectivity index (χ3n) is 2.86. The van der Waals surface area contributed by atoms with Gasteiger partial charge in [0.1, 0.15) is 10.8 Å². The number of nitro benzene ring substituents is 1. The van der Waals surface area contributed by atoms with E-state index in [9.17, 15) is 23.3 Å². The summed E-state index contributed by atoms with van der Waals surface area (Å²) in [6, 6.07) is 3.34. The van der Waals surface area contributed by atoms with Crippen molar-refractivity contribution in [2.45, 2.75) is 12.8 Å². The maximum Gasteiger partial charge on any atom is 0.434 e. The predicted octanol–water partition coefficient (Wildman–Crippen LogP) is 3.29. The molecule has 0 unspecified atom stereocenters. The number of nitro groups is 1. The second-order valence-electron chi connectivity index (χ2n) is 4.40. The molecule has 0 saturated carbocycles. The van der Waals surface area contributed by atoms with E-state index >= 15 is 0 Å². The lowest BCUT2D eigenvalue weighted by Gasteiger charge is -2.06. The molecule has 1 aromatic carbocycles. The minimum absolute atomic E-state index is 0.0478. The molecule has 0 radical (unpaired) electrons. The second kappa shape index (κ2) is 6.05. The maximum absolute atomic E-state index is 12.8. The first kappa shape index (κ1) is 17.0. The van der Waals surface area contributed by atoms with Gasteiger partial charge in [0.2, 0.25) is 0 Å². The van der Waals surface area contributed by atoms with Crippen molar-refractivity contribution in [3.05, 3.63) is 44.6 Å². The van der Waals surface area contributed by atoms with E-state index in [4.69, 9.17) is 21.4 Å². The molecule has 1 N–H and O–H groups in total. The van der Waals surface area contributed by atoms with Crippen LogP contribution in [0.15, 0.2) is 18.2 Å². The number of nitrogens with zero attached hydrogens (tertiary/aromatic N) is 3. The molecule has 0 saturated heterocycles. The van der Waals surface area contributed by atoms with Gasteiger partial charge in [-0.15, -0.1) is 5.10 Å². The molecule has 23 heavy (non-hydrogen) atoms. The average molecular weight is 352 g/mol. The van der Waals surface area contributed by atoms with Crippen molar-refractivity contribution in [3.8, 4) is 11.6 Å². The molecule has 7 nitrogen and oxygen atoms in total. The van der Waals surface area contributed by atoms with Gasteiger partial charge in [-0.25, -0.2) is 0 Å². The zero-order valence-corrected chi connectivity index (χ0v) is 12.2. The Balaban J connectivity index is 2.39. The van der Waals surface area contributed by atoms with Crippen LogP contribution in [0.5, 0.6) is 11.6 Å². The minimum atomic E-state index is -4.72.